The van der Waals surface area contributed by atoms with E-state index in [0.29, 0.717) is 12.1 Å². The molecule has 0 amide bonds. The second-order valence-corrected chi connectivity index (χ2v) is 3.61. The van der Waals surface area contributed by atoms with E-state index < -0.39 is 11.9 Å². The fourth-order valence-corrected chi connectivity index (χ4v) is 1.56. The van der Waals surface area contributed by atoms with Crippen molar-refractivity contribution in [2.75, 3.05) is 6.26 Å². The fourth-order valence-electron chi connectivity index (χ4n) is 1.17. The number of hydrogen-bond acceptors (Lipinski definition) is 4. The Labute approximate surface area is 86.8 Å². The van der Waals surface area contributed by atoms with Crippen LogP contribution in [-0.2, 0) is 4.79 Å². The van der Waals surface area contributed by atoms with Crippen molar-refractivity contribution < 1.29 is 9.90 Å². The summed E-state index contributed by atoms with van der Waals surface area (Å²) >= 11 is 1.48. The van der Waals surface area contributed by atoms with Gasteiger partial charge in [0.2, 0.25) is 0 Å². The van der Waals surface area contributed by atoms with Gasteiger partial charge in [0.15, 0.2) is 0 Å². The quantitative estimate of drug-likeness (QED) is 0.608. The molecule has 1 rings (SSSR count). The first kappa shape index (κ1) is 11.0. The van der Waals surface area contributed by atoms with E-state index in [0.717, 1.165) is 5.03 Å². The highest BCUT2D eigenvalue weighted by Gasteiger charge is 2.19. The Bertz CT molecular complexity index is 330. The van der Waals surface area contributed by atoms with Crippen LogP contribution in [0.2, 0.25) is 0 Å². The standard InChI is InChI=1S/C9H12N2O2S/c1-3-6(9(12)13)7-4-8(14-2)11-5-10-7/h4-6H,3H2,1-2H3,(H,12,13). The van der Waals surface area contributed by atoms with Gasteiger partial charge in [-0.25, -0.2) is 9.97 Å². The summed E-state index contributed by atoms with van der Waals surface area (Å²) in [5, 5.41) is 9.72. The largest absolute Gasteiger partial charge is 0.481 e. The summed E-state index contributed by atoms with van der Waals surface area (Å²) in [6, 6.07) is 1.73. The van der Waals surface area contributed by atoms with Gasteiger partial charge < -0.3 is 5.11 Å². The van der Waals surface area contributed by atoms with Crippen molar-refractivity contribution in [2.24, 2.45) is 0 Å². The molecule has 0 aliphatic heterocycles. The second kappa shape index (κ2) is 4.95. The van der Waals surface area contributed by atoms with Crippen LogP contribution >= 0.6 is 11.8 Å². The van der Waals surface area contributed by atoms with Gasteiger partial charge in [-0.05, 0) is 18.7 Å². The maximum Gasteiger partial charge on any atom is 0.312 e. The Kier molecular flexibility index (Phi) is 3.88. The summed E-state index contributed by atoms with van der Waals surface area (Å²) < 4.78 is 0. The highest BCUT2D eigenvalue weighted by Crippen LogP contribution is 2.20. The minimum Gasteiger partial charge on any atom is -0.481 e. The third-order valence-corrected chi connectivity index (χ3v) is 2.58. The molecule has 0 radical (unpaired) electrons. The molecule has 0 spiro atoms. The molecule has 14 heavy (non-hydrogen) atoms. The van der Waals surface area contributed by atoms with E-state index in [1.807, 2.05) is 13.2 Å². The van der Waals surface area contributed by atoms with Crippen molar-refractivity contribution in [2.45, 2.75) is 24.3 Å². The van der Waals surface area contributed by atoms with Gasteiger partial charge in [0, 0.05) is 0 Å². The smallest absolute Gasteiger partial charge is 0.312 e. The van der Waals surface area contributed by atoms with Crippen molar-refractivity contribution in [1.29, 1.82) is 0 Å². The van der Waals surface area contributed by atoms with Crippen LogP contribution in [0.25, 0.3) is 0 Å². The molecular formula is C9H12N2O2S. The third-order valence-electron chi connectivity index (χ3n) is 1.94. The molecule has 0 saturated heterocycles. The van der Waals surface area contributed by atoms with Crippen LogP contribution in [0, 0.1) is 0 Å². The van der Waals surface area contributed by atoms with Gasteiger partial charge >= 0.3 is 5.97 Å². The molecule has 1 aromatic heterocycles. The number of carbonyl (C=O) groups is 1. The fraction of sp³-hybridized carbons (Fsp3) is 0.444. The minimum absolute atomic E-state index is 0.524. The van der Waals surface area contributed by atoms with Gasteiger partial charge in [0.25, 0.3) is 0 Å². The highest BCUT2D eigenvalue weighted by molar-refractivity contribution is 7.98. The summed E-state index contributed by atoms with van der Waals surface area (Å²) in [6.07, 6.45) is 3.85. The molecule has 1 aromatic rings. The zero-order chi connectivity index (χ0) is 10.6. The van der Waals surface area contributed by atoms with Crippen LogP contribution in [0.5, 0.6) is 0 Å². The van der Waals surface area contributed by atoms with Crippen molar-refractivity contribution in [1.82, 2.24) is 9.97 Å². The predicted octanol–water partition coefficient (Wildman–Crippen LogP) is 1.78. The summed E-state index contributed by atoms with van der Waals surface area (Å²) in [6.45, 7) is 1.83. The first-order chi connectivity index (χ1) is 6.69. The molecule has 1 atom stereocenters. The van der Waals surface area contributed by atoms with Crippen LogP contribution in [-0.4, -0.2) is 27.3 Å². The lowest BCUT2D eigenvalue weighted by Gasteiger charge is -2.08. The second-order valence-electron chi connectivity index (χ2n) is 2.78. The van der Waals surface area contributed by atoms with Gasteiger partial charge in [-0.15, -0.1) is 11.8 Å². The number of carboxylic acids is 1. The van der Waals surface area contributed by atoms with Crippen LogP contribution in [0.3, 0.4) is 0 Å². The van der Waals surface area contributed by atoms with E-state index in [-0.39, 0.29) is 0 Å². The molecule has 5 heteroatoms. The molecule has 4 nitrogen and oxygen atoms in total. The Morgan fingerprint density at radius 3 is 2.86 bits per heavy atom. The molecule has 76 valence electrons. The zero-order valence-electron chi connectivity index (χ0n) is 8.10. The van der Waals surface area contributed by atoms with Crippen LogP contribution < -0.4 is 0 Å². The average Bonchev–Trinajstić information content (AvgIpc) is 2.19. The number of nitrogens with zero attached hydrogens (tertiary/aromatic N) is 2. The van der Waals surface area contributed by atoms with Crippen molar-refractivity contribution >= 4 is 17.7 Å². The SMILES string of the molecule is CCC(C(=O)O)c1cc(SC)ncn1. The molecule has 0 aliphatic rings. The number of aliphatic carboxylic acids is 1. The van der Waals surface area contributed by atoms with Gasteiger partial charge in [-0.2, -0.15) is 0 Å². The lowest BCUT2D eigenvalue weighted by atomic mass is 10.0. The number of aromatic nitrogens is 2. The zero-order valence-corrected chi connectivity index (χ0v) is 8.91. The predicted molar refractivity (Wildman–Crippen MR) is 54.5 cm³/mol. The third kappa shape index (κ3) is 2.45. The molecular weight excluding hydrogens is 200 g/mol. The highest BCUT2D eigenvalue weighted by atomic mass is 32.2. The number of rotatable bonds is 4. The summed E-state index contributed by atoms with van der Waals surface area (Å²) in [7, 11) is 0. The monoisotopic (exact) mass is 212 g/mol. The molecule has 0 aliphatic carbocycles. The topological polar surface area (TPSA) is 63.1 Å². The molecule has 0 aromatic carbocycles. The Morgan fingerprint density at radius 1 is 1.64 bits per heavy atom. The lowest BCUT2D eigenvalue weighted by Crippen LogP contribution is -2.12. The first-order valence-electron chi connectivity index (χ1n) is 4.27. The van der Waals surface area contributed by atoms with E-state index in [9.17, 15) is 4.79 Å². The Hall–Kier alpha value is -1.10. The van der Waals surface area contributed by atoms with Gasteiger partial charge in [0.1, 0.15) is 6.33 Å². The maximum atomic E-state index is 10.9. The minimum atomic E-state index is -0.835. The molecule has 0 bridgehead atoms. The normalized spacial score (nSPS) is 12.4. The van der Waals surface area contributed by atoms with Gasteiger partial charge in [-0.1, -0.05) is 6.92 Å². The van der Waals surface area contributed by atoms with E-state index in [1.54, 1.807) is 6.07 Å². The van der Waals surface area contributed by atoms with Gasteiger partial charge in [0.05, 0.1) is 16.6 Å². The number of carboxylic acid groups (broad SMARTS) is 1. The van der Waals surface area contributed by atoms with Gasteiger partial charge in [-0.3, -0.25) is 4.79 Å². The maximum absolute atomic E-state index is 10.9. The van der Waals surface area contributed by atoms with E-state index >= 15 is 0 Å². The van der Waals surface area contributed by atoms with Crippen molar-refractivity contribution in [3.63, 3.8) is 0 Å². The Balaban J connectivity index is 2.98. The summed E-state index contributed by atoms with van der Waals surface area (Å²) in [5.74, 6) is -1.36. The van der Waals surface area contributed by atoms with Crippen LogP contribution in [0.1, 0.15) is 25.0 Å². The molecule has 0 fully saturated rings. The van der Waals surface area contributed by atoms with Crippen LogP contribution in [0.15, 0.2) is 17.4 Å². The summed E-state index contributed by atoms with van der Waals surface area (Å²) in [4.78, 5) is 18.8. The Morgan fingerprint density at radius 2 is 2.36 bits per heavy atom. The molecule has 1 N–H and O–H groups in total. The lowest BCUT2D eigenvalue weighted by molar-refractivity contribution is -0.138. The number of thioether (sulfide) groups is 1. The van der Waals surface area contributed by atoms with E-state index in [2.05, 4.69) is 9.97 Å². The van der Waals surface area contributed by atoms with Crippen LogP contribution in [0.4, 0.5) is 0 Å². The summed E-state index contributed by atoms with van der Waals surface area (Å²) in [5.41, 5.74) is 0.583. The molecule has 0 saturated carbocycles. The molecule has 1 unspecified atom stereocenters. The van der Waals surface area contributed by atoms with E-state index in [1.165, 1.54) is 18.1 Å². The average molecular weight is 212 g/mol. The first-order valence-corrected chi connectivity index (χ1v) is 5.50. The van der Waals surface area contributed by atoms with Crippen molar-refractivity contribution in [3.8, 4) is 0 Å². The van der Waals surface area contributed by atoms with E-state index in [4.69, 9.17) is 5.11 Å². The molecule has 1 heterocycles. The van der Waals surface area contributed by atoms with Crippen molar-refractivity contribution in [3.05, 3.63) is 18.1 Å². The number of hydrogen-bond donors (Lipinski definition) is 1.